The maximum absolute atomic E-state index is 2.50. The average molecular weight is 379 g/mol. The van der Waals surface area contributed by atoms with Gasteiger partial charge in [0.1, 0.15) is 11.1 Å². The Morgan fingerprint density at radius 1 is 0.769 bits per heavy atom. The Bertz CT molecular complexity index is 678. The monoisotopic (exact) mass is 378 g/mol. The molecule has 0 amide bonds. The number of halogens is 1. The Hall–Kier alpha value is -1.02. The highest BCUT2D eigenvalue weighted by Gasteiger charge is 2.38. The van der Waals surface area contributed by atoms with E-state index in [1.807, 2.05) is 0 Å². The van der Waals surface area contributed by atoms with E-state index >= 15 is 0 Å². The second kappa shape index (κ2) is 7.19. The molecule has 0 aliphatic heterocycles. The molecule has 2 aromatic rings. The molecule has 0 aliphatic rings. The Kier molecular flexibility index (Phi) is 6.36. The lowest BCUT2D eigenvalue weighted by atomic mass is 9.81. The lowest BCUT2D eigenvalue weighted by Crippen LogP contribution is -3.00. The molecule has 3 heteroatoms. The first-order chi connectivity index (χ1) is 11.1. The van der Waals surface area contributed by atoms with Gasteiger partial charge in [0.15, 0.2) is 11.0 Å². The van der Waals surface area contributed by atoms with Crippen LogP contribution in [0.5, 0.6) is 0 Å². The van der Waals surface area contributed by atoms with Gasteiger partial charge in [0.25, 0.3) is 0 Å². The van der Waals surface area contributed by atoms with Crippen molar-refractivity contribution in [2.75, 3.05) is 0 Å². The quantitative estimate of drug-likeness (QED) is 0.722. The summed E-state index contributed by atoms with van der Waals surface area (Å²) in [4.78, 5) is 0. The van der Waals surface area contributed by atoms with Crippen molar-refractivity contribution in [3.63, 3.8) is 0 Å². The average Bonchev–Trinajstić information content (AvgIpc) is 2.73. The van der Waals surface area contributed by atoms with Crippen LogP contribution in [0.2, 0.25) is 0 Å². The van der Waals surface area contributed by atoms with Gasteiger partial charge in [-0.25, -0.2) is 9.13 Å². The summed E-state index contributed by atoms with van der Waals surface area (Å²) >= 11 is 0. The van der Waals surface area contributed by atoms with Crippen molar-refractivity contribution < 1.29 is 17.0 Å². The van der Waals surface area contributed by atoms with Crippen LogP contribution in [0.1, 0.15) is 82.1 Å². The van der Waals surface area contributed by atoms with E-state index in [1.165, 1.54) is 11.0 Å². The highest BCUT2D eigenvalue weighted by atomic mass is 35.5. The maximum atomic E-state index is 2.50. The molecule has 26 heavy (non-hydrogen) atoms. The fraction of sp³-hybridized carbons (Fsp3) is 0.696. The standard InChI is InChI=1S/C23H39N2.ClH/c1-20(2,3)15-22(7,8)24-17-25(19-14-12-11-13-18(19)24)23(9,10)16-21(4,5)6;/h11-14,17H,15-16H2,1-10H3;1H/q+1;/p-1. The molecule has 148 valence electrons. The number of hydrogen-bond acceptors (Lipinski definition) is 0. The first-order valence-corrected chi connectivity index (χ1v) is 9.65. The number of benzene rings is 1. The van der Waals surface area contributed by atoms with Gasteiger partial charge in [-0.1, -0.05) is 53.7 Å². The molecular formula is C23H39ClN2. The molecule has 0 spiro atoms. The Morgan fingerprint density at radius 3 is 1.77 bits per heavy atom. The first-order valence-electron chi connectivity index (χ1n) is 9.65. The van der Waals surface area contributed by atoms with Crippen molar-refractivity contribution in [1.29, 1.82) is 0 Å². The molecule has 1 aromatic carbocycles. The van der Waals surface area contributed by atoms with Crippen molar-refractivity contribution in [3.8, 4) is 0 Å². The summed E-state index contributed by atoms with van der Waals surface area (Å²) in [6, 6.07) is 8.85. The van der Waals surface area contributed by atoms with Crippen LogP contribution in [0.15, 0.2) is 30.6 Å². The highest BCUT2D eigenvalue weighted by molar-refractivity contribution is 5.72. The minimum atomic E-state index is 0. The van der Waals surface area contributed by atoms with Gasteiger partial charge in [0.05, 0.1) is 0 Å². The molecule has 1 heterocycles. The summed E-state index contributed by atoms with van der Waals surface area (Å²) in [5.74, 6) is 0. The molecule has 0 bridgehead atoms. The third-order valence-electron chi connectivity index (χ3n) is 4.86. The lowest BCUT2D eigenvalue weighted by Gasteiger charge is -2.31. The van der Waals surface area contributed by atoms with E-state index in [2.05, 4.69) is 109 Å². The summed E-state index contributed by atoms with van der Waals surface area (Å²) in [7, 11) is 0. The van der Waals surface area contributed by atoms with E-state index in [0.29, 0.717) is 10.8 Å². The minimum Gasteiger partial charge on any atom is -1.00 e. The Balaban J connectivity index is 0.00000338. The molecule has 0 saturated carbocycles. The van der Waals surface area contributed by atoms with Crippen LogP contribution in [0, 0.1) is 10.8 Å². The zero-order chi connectivity index (χ0) is 19.3. The van der Waals surface area contributed by atoms with Crippen LogP contribution >= 0.6 is 0 Å². The van der Waals surface area contributed by atoms with Crippen molar-refractivity contribution in [2.45, 2.75) is 93.2 Å². The second-order valence-corrected chi connectivity index (χ2v) is 11.4. The molecule has 2 nitrogen and oxygen atoms in total. The third-order valence-corrected chi connectivity index (χ3v) is 4.86. The fourth-order valence-corrected chi connectivity index (χ4v) is 4.84. The third kappa shape index (κ3) is 5.25. The summed E-state index contributed by atoms with van der Waals surface area (Å²) in [5.41, 5.74) is 3.39. The molecule has 0 N–H and O–H groups in total. The molecule has 0 radical (unpaired) electrons. The van der Waals surface area contributed by atoms with Gasteiger partial charge in [-0.05, 0) is 63.5 Å². The molecule has 2 rings (SSSR count). The van der Waals surface area contributed by atoms with E-state index in [-0.39, 0.29) is 23.5 Å². The Morgan fingerprint density at radius 2 is 1.27 bits per heavy atom. The van der Waals surface area contributed by atoms with Gasteiger partial charge in [0.2, 0.25) is 6.33 Å². The summed E-state index contributed by atoms with van der Waals surface area (Å²) in [6.45, 7) is 23.5. The van der Waals surface area contributed by atoms with Crippen LogP contribution in [-0.2, 0) is 11.1 Å². The molecular weight excluding hydrogens is 340 g/mol. The second-order valence-electron chi connectivity index (χ2n) is 11.4. The predicted octanol–water partition coefficient (Wildman–Crippen LogP) is 3.28. The SMILES string of the molecule is CC(C)(C)CC(C)(C)n1c[n+](C(C)(C)CC(C)(C)C)c2ccccc21.[Cl-]. The number of rotatable bonds is 4. The van der Waals surface area contributed by atoms with Crippen LogP contribution in [0.3, 0.4) is 0 Å². The van der Waals surface area contributed by atoms with Crippen LogP contribution in [-0.4, -0.2) is 4.57 Å². The number of aromatic nitrogens is 2. The van der Waals surface area contributed by atoms with E-state index in [1.54, 1.807) is 0 Å². The van der Waals surface area contributed by atoms with E-state index < -0.39 is 0 Å². The zero-order valence-corrected chi connectivity index (χ0v) is 19.3. The molecule has 0 aliphatic carbocycles. The zero-order valence-electron chi connectivity index (χ0n) is 18.6. The topological polar surface area (TPSA) is 8.81 Å². The minimum absolute atomic E-state index is 0. The van der Waals surface area contributed by atoms with Gasteiger partial charge in [-0.15, -0.1) is 0 Å². The van der Waals surface area contributed by atoms with Gasteiger partial charge >= 0.3 is 0 Å². The van der Waals surface area contributed by atoms with Gasteiger partial charge in [-0.3, -0.25) is 0 Å². The van der Waals surface area contributed by atoms with Gasteiger partial charge in [0, 0.05) is 0 Å². The normalized spacial score (nSPS) is 13.8. The van der Waals surface area contributed by atoms with Gasteiger partial charge < -0.3 is 12.4 Å². The number of imidazole rings is 1. The fourth-order valence-electron chi connectivity index (χ4n) is 4.84. The van der Waals surface area contributed by atoms with Crippen molar-refractivity contribution in [3.05, 3.63) is 30.6 Å². The first kappa shape index (κ1) is 23.0. The van der Waals surface area contributed by atoms with Crippen LogP contribution in [0.25, 0.3) is 11.0 Å². The molecule has 1 aromatic heterocycles. The van der Waals surface area contributed by atoms with E-state index in [0.717, 1.165) is 12.8 Å². The largest absolute Gasteiger partial charge is 1.00 e. The maximum Gasteiger partial charge on any atom is 0.245 e. The molecule has 0 fully saturated rings. The van der Waals surface area contributed by atoms with Crippen LogP contribution < -0.4 is 17.0 Å². The molecule has 0 saturated heterocycles. The number of hydrogen-bond donors (Lipinski definition) is 0. The summed E-state index contributed by atoms with van der Waals surface area (Å²) < 4.78 is 5.00. The number of nitrogens with zero attached hydrogens (tertiary/aromatic N) is 2. The lowest BCUT2D eigenvalue weighted by molar-refractivity contribution is -0.738. The van der Waals surface area contributed by atoms with E-state index in [9.17, 15) is 0 Å². The molecule has 0 atom stereocenters. The van der Waals surface area contributed by atoms with Gasteiger partial charge in [-0.2, -0.15) is 0 Å². The molecule has 0 unspecified atom stereocenters. The van der Waals surface area contributed by atoms with Crippen molar-refractivity contribution in [1.82, 2.24) is 4.57 Å². The van der Waals surface area contributed by atoms with Crippen molar-refractivity contribution >= 4 is 11.0 Å². The Labute approximate surface area is 167 Å². The smallest absolute Gasteiger partial charge is 0.245 e. The number of fused-ring (bicyclic) bond motifs is 1. The predicted molar refractivity (Wildman–Crippen MR) is 109 cm³/mol. The summed E-state index contributed by atoms with van der Waals surface area (Å²) in [5, 5.41) is 0. The highest BCUT2D eigenvalue weighted by Crippen LogP contribution is 2.35. The van der Waals surface area contributed by atoms with E-state index in [4.69, 9.17) is 0 Å². The summed E-state index contributed by atoms with van der Waals surface area (Å²) in [6.07, 6.45) is 4.64. The van der Waals surface area contributed by atoms with Crippen LogP contribution in [0.4, 0.5) is 0 Å². The van der Waals surface area contributed by atoms with Crippen molar-refractivity contribution in [2.24, 2.45) is 10.8 Å². The number of para-hydroxylation sites is 2.